The molecule has 2 rings (SSSR count). The molecule has 1 atom stereocenters. The third kappa shape index (κ3) is 3.13. The Balaban J connectivity index is 2.15. The molecule has 1 aliphatic rings. The molecule has 1 saturated heterocycles. The number of piperazine rings is 1. The molecule has 1 aromatic heterocycles. The summed E-state index contributed by atoms with van der Waals surface area (Å²) in [5.74, 6) is 0. The Bertz CT molecular complexity index is 576. The molecule has 1 aromatic rings. The van der Waals surface area contributed by atoms with Gasteiger partial charge in [-0.3, -0.25) is 10.00 Å². The summed E-state index contributed by atoms with van der Waals surface area (Å²) in [5, 5.41) is 15.8. The Morgan fingerprint density at radius 1 is 1.33 bits per heavy atom. The Kier molecular flexibility index (Phi) is 5.03. The Morgan fingerprint density at radius 3 is 2.48 bits per heavy atom. The van der Waals surface area contributed by atoms with Crippen molar-refractivity contribution in [2.24, 2.45) is 0 Å². The van der Waals surface area contributed by atoms with Crippen molar-refractivity contribution < 1.29 is 13.5 Å². The van der Waals surface area contributed by atoms with Crippen molar-refractivity contribution in [3.8, 4) is 0 Å². The molecule has 0 saturated carbocycles. The molecule has 1 aliphatic heterocycles. The summed E-state index contributed by atoms with van der Waals surface area (Å²) in [5.41, 5.74) is 0.952. The van der Waals surface area contributed by atoms with Crippen molar-refractivity contribution >= 4 is 10.0 Å². The van der Waals surface area contributed by atoms with Crippen LogP contribution in [0.3, 0.4) is 0 Å². The molecule has 0 aromatic carbocycles. The summed E-state index contributed by atoms with van der Waals surface area (Å²) in [6.45, 7) is 8.05. The van der Waals surface area contributed by atoms with E-state index in [4.69, 9.17) is 0 Å². The molecule has 0 radical (unpaired) electrons. The zero-order chi connectivity index (χ0) is 15.6. The van der Waals surface area contributed by atoms with E-state index in [9.17, 15) is 13.5 Å². The van der Waals surface area contributed by atoms with Crippen LogP contribution in [0.15, 0.2) is 5.03 Å². The van der Waals surface area contributed by atoms with Crippen LogP contribution < -0.4 is 0 Å². The van der Waals surface area contributed by atoms with Gasteiger partial charge < -0.3 is 5.11 Å². The number of hydrogen-bond donors (Lipinski definition) is 2. The highest BCUT2D eigenvalue weighted by atomic mass is 32.2. The minimum Gasteiger partial charge on any atom is -0.392 e. The molecule has 8 heteroatoms. The second kappa shape index (κ2) is 6.43. The number of hydrogen-bond acceptors (Lipinski definition) is 5. The first-order chi connectivity index (χ1) is 9.91. The summed E-state index contributed by atoms with van der Waals surface area (Å²) in [6, 6.07) is 0.468. The number of sulfonamides is 1. The molecule has 0 bridgehead atoms. The number of aliphatic hydroxyl groups is 1. The highest BCUT2D eigenvalue weighted by molar-refractivity contribution is 7.89. The Hall–Kier alpha value is -0.960. The van der Waals surface area contributed by atoms with Crippen LogP contribution in [0.4, 0.5) is 0 Å². The highest BCUT2D eigenvalue weighted by Crippen LogP contribution is 2.22. The third-order valence-corrected chi connectivity index (χ3v) is 6.14. The predicted octanol–water partition coefficient (Wildman–Crippen LogP) is 0.315. The Labute approximate surface area is 126 Å². The standard InChI is InChI=1S/C13H24N4O3S/c1-4-10(2)16-5-7-17(8-6-16)21(19,20)13-12(9-18)11(3)14-15-13/h10,18H,4-9H2,1-3H3,(H,14,15). The zero-order valence-electron chi connectivity index (χ0n) is 12.8. The van der Waals surface area contributed by atoms with Crippen molar-refractivity contribution in [3.05, 3.63) is 11.3 Å². The van der Waals surface area contributed by atoms with E-state index in [2.05, 4.69) is 28.9 Å². The van der Waals surface area contributed by atoms with Gasteiger partial charge in [0.2, 0.25) is 0 Å². The number of H-pyrrole nitrogens is 1. The third-order valence-electron chi connectivity index (χ3n) is 4.27. The van der Waals surface area contributed by atoms with Gasteiger partial charge >= 0.3 is 0 Å². The number of rotatable bonds is 5. The lowest BCUT2D eigenvalue weighted by Gasteiger charge is -2.36. The van der Waals surface area contributed by atoms with Gasteiger partial charge in [0.05, 0.1) is 6.61 Å². The van der Waals surface area contributed by atoms with E-state index < -0.39 is 10.0 Å². The van der Waals surface area contributed by atoms with Crippen LogP contribution in [-0.2, 0) is 16.6 Å². The lowest BCUT2D eigenvalue weighted by molar-refractivity contribution is 0.142. The van der Waals surface area contributed by atoms with Gasteiger partial charge in [0.25, 0.3) is 10.0 Å². The molecule has 0 aliphatic carbocycles. The maximum atomic E-state index is 12.6. The van der Waals surface area contributed by atoms with Gasteiger partial charge in [-0.25, -0.2) is 8.42 Å². The lowest BCUT2D eigenvalue weighted by Crippen LogP contribution is -2.51. The summed E-state index contributed by atoms with van der Waals surface area (Å²) in [6.07, 6.45) is 1.06. The molecule has 0 amide bonds. The molecule has 2 heterocycles. The number of nitrogens with one attached hydrogen (secondary N) is 1. The topological polar surface area (TPSA) is 89.5 Å². The van der Waals surface area contributed by atoms with Gasteiger partial charge in [-0.2, -0.15) is 9.40 Å². The van der Waals surface area contributed by atoms with Crippen LogP contribution >= 0.6 is 0 Å². The van der Waals surface area contributed by atoms with Gasteiger partial charge in [0.15, 0.2) is 5.03 Å². The number of nitrogens with zero attached hydrogens (tertiary/aromatic N) is 3. The lowest BCUT2D eigenvalue weighted by atomic mass is 10.2. The summed E-state index contributed by atoms with van der Waals surface area (Å²) in [7, 11) is -3.64. The van der Waals surface area contributed by atoms with E-state index >= 15 is 0 Å². The fourth-order valence-electron chi connectivity index (χ4n) is 2.59. The van der Waals surface area contributed by atoms with Crippen molar-refractivity contribution in [2.45, 2.75) is 44.9 Å². The fraction of sp³-hybridized carbons (Fsp3) is 0.769. The second-order valence-corrected chi connectivity index (χ2v) is 7.34. The summed E-state index contributed by atoms with van der Waals surface area (Å²) >= 11 is 0. The first-order valence-corrected chi connectivity index (χ1v) is 8.74. The van der Waals surface area contributed by atoms with Crippen LogP contribution in [0.5, 0.6) is 0 Å². The van der Waals surface area contributed by atoms with E-state index in [0.717, 1.165) is 19.5 Å². The number of aryl methyl sites for hydroxylation is 1. The Morgan fingerprint density at radius 2 is 1.95 bits per heavy atom. The molecule has 1 unspecified atom stereocenters. The quantitative estimate of drug-likeness (QED) is 0.816. The minimum atomic E-state index is -3.64. The van der Waals surface area contributed by atoms with E-state index in [1.165, 1.54) is 4.31 Å². The van der Waals surface area contributed by atoms with Crippen LogP contribution in [0.25, 0.3) is 0 Å². The fourth-order valence-corrected chi connectivity index (χ4v) is 4.17. The average molecular weight is 316 g/mol. The van der Waals surface area contributed by atoms with Crippen LogP contribution in [-0.4, -0.2) is 65.1 Å². The average Bonchev–Trinajstić information content (AvgIpc) is 2.88. The van der Waals surface area contributed by atoms with Gasteiger partial charge in [-0.1, -0.05) is 6.92 Å². The van der Waals surface area contributed by atoms with E-state index in [1.807, 2.05) is 0 Å². The van der Waals surface area contributed by atoms with Crippen LogP contribution in [0.2, 0.25) is 0 Å². The van der Waals surface area contributed by atoms with Gasteiger partial charge in [-0.05, 0) is 20.3 Å². The normalized spacial score (nSPS) is 19.8. The van der Waals surface area contributed by atoms with E-state index in [1.54, 1.807) is 6.92 Å². The molecule has 21 heavy (non-hydrogen) atoms. The number of aromatic amines is 1. The van der Waals surface area contributed by atoms with Gasteiger partial charge in [-0.15, -0.1) is 0 Å². The SMILES string of the molecule is CCC(C)N1CCN(S(=O)(=O)c2n[nH]c(C)c2CO)CC1. The molecule has 2 N–H and O–H groups in total. The molecule has 120 valence electrons. The first kappa shape index (κ1) is 16.4. The van der Waals surface area contributed by atoms with Crippen molar-refractivity contribution in [2.75, 3.05) is 26.2 Å². The maximum absolute atomic E-state index is 12.6. The molecule has 7 nitrogen and oxygen atoms in total. The van der Waals surface area contributed by atoms with Gasteiger partial charge in [0, 0.05) is 43.5 Å². The minimum absolute atomic E-state index is 0.0421. The predicted molar refractivity (Wildman–Crippen MR) is 79.3 cm³/mol. The van der Waals surface area contributed by atoms with Crippen molar-refractivity contribution in [1.82, 2.24) is 19.4 Å². The second-order valence-electron chi connectivity index (χ2n) is 5.49. The smallest absolute Gasteiger partial charge is 0.262 e. The first-order valence-electron chi connectivity index (χ1n) is 7.30. The van der Waals surface area contributed by atoms with Crippen LogP contribution in [0, 0.1) is 6.92 Å². The zero-order valence-corrected chi connectivity index (χ0v) is 13.7. The van der Waals surface area contributed by atoms with Crippen LogP contribution in [0.1, 0.15) is 31.5 Å². The van der Waals surface area contributed by atoms with Crippen molar-refractivity contribution in [3.63, 3.8) is 0 Å². The van der Waals surface area contributed by atoms with Gasteiger partial charge in [0.1, 0.15) is 0 Å². The molecular formula is C13H24N4O3S. The molecular weight excluding hydrogens is 292 g/mol. The molecule has 1 fully saturated rings. The largest absolute Gasteiger partial charge is 0.392 e. The monoisotopic (exact) mass is 316 g/mol. The number of aliphatic hydroxyl groups excluding tert-OH is 1. The van der Waals surface area contributed by atoms with Crippen molar-refractivity contribution in [1.29, 1.82) is 0 Å². The summed E-state index contributed by atoms with van der Waals surface area (Å²) in [4.78, 5) is 2.30. The van der Waals surface area contributed by atoms with E-state index in [-0.39, 0.29) is 11.6 Å². The van der Waals surface area contributed by atoms with E-state index in [0.29, 0.717) is 30.4 Å². The molecule has 0 spiro atoms. The maximum Gasteiger partial charge on any atom is 0.262 e. The summed E-state index contributed by atoms with van der Waals surface area (Å²) < 4.78 is 26.7. The number of aromatic nitrogens is 2. The highest BCUT2D eigenvalue weighted by Gasteiger charge is 2.33.